The van der Waals surface area contributed by atoms with Gasteiger partial charge in [-0.1, -0.05) is 20.8 Å². The van der Waals surface area contributed by atoms with Crippen LogP contribution in [0.4, 0.5) is 4.79 Å². The molecule has 1 fully saturated rings. The number of nitrogens with zero attached hydrogens (tertiary/aromatic N) is 2. The molecule has 6 nitrogen and oxygen atoms in total. The Bertz CT molecular complexity index is 439. The second-order valence-corrected chi connectivity index (χ2v) is 8.80. The van der Waals surface area contributed by atoms with E-state index in [-0.39, 0.29) is 31.1 Å². The van der Waals surface area contributed by atoms with Gasteiger partial charge in [-0.15, -0.1) is 0 Å². The lowest BCUT2D eigenvalue weighted by atomic mass is 9.85. The maximum absolute atomic E-state index is 12.2. The van der Waals surface area contributed by atoms with Crippen molar-refractivity contribution in [1.82, 2.24) is 9.21 Å². The summed E-state index contributed by atoms with van der Waals surface area (Å²) in [6.45, 7) is 9.77. The number of hydrogen-bond acceptors (Lipinski definition) is 3. The molecule has 0 saturated carbocycles. The van der Waals surface area contributed by atoms with Crippen molar-refractivity contribution in [2.45, 2.75) is 45.9 Å². The first-order valence-corrected chi connectivity index (χ1v) is 7.96. The predicted octanol–water partition coefficient (Wildman–Crippen LogP) is 1.43. The van der Waals surface area contributed by atoms with Crippen LogP contribution in [0.2, 0.25) is 0 Å². The first-order valence-electron chi connectivity index (χ1n) is 6.46. The summed E-state index contributed by atoms with van der Waals surface area (Å²) in [5.41, 5.74) is -0.302. The highest BCUT2D eigenvalue weighted by Crippen LogP contribution is 2.29. The molecule has 112 valence electrons. The van der Waals surface area contributed by atoms with Crippen molar-refractivity contribution in [3.63, 3.8) is 0 Å². The van der Waals surface area contributed by atoms with Crippen LogP contribution in [0.3, 0.4) is 0 Å². The van der Waals surface area contributed by atoms with E-state index in [0.29, 0.717) is 0 Å². The van der Waals surface area contributed by atoms with Gasteiger partial charge in [0.1, 0.15) is 0 Å². The molecule has 0 aliphatic carbocycles. The third-order valence-electron chi connectivity index (χ3n) is 3.54. The van der Waals surface area contributed by atoms with Gasteiger partial charge in [0.25, 0.3) is 0 Å². The first kappa shape index (κ1) is 16.2. The van der Waals surface area contributed by atoms with Crippen molar-refractivity contribution in [2.24, 2.45) is 5.41 Å². The Morgan fingerprint density at radius 1 is 1.26 bits per heavy atom. The van der Waals surface area contributed by atoms with E-state index in [0.717, 1.165) is 0 Å². The Morgan fingerprint density at radius 3 is 2.16 bits per heavy atom. The molecule has 0 spiro atoms. The van der Waals surface area contributed by atoms with Crippen LogP contribution in [-0.4, -0.2) is 59.7 Å². The minimum Gasteiger partial charge on any atom is -0.465 e. The number of rotatable bonds is 2. The van der Waals surface area contributed by atoms with Gasteiger partial charge in [0.2, 0.25) is 10.0 Å². The molecule has 0 bridgehead atoms. The monoisotopic (exact) mass is 292 g/mol. The summed E-state index contributed by atoms with van der Waals surface area (Å²) >= 11 is 0. The van der Waals surface area contributed by atoms with Gasteiger partial charge in [0, 0.05) is 19.6 Å². The van der Waals surface area contributed by atoms with Crippen LogP contribution in [0.5, 0.6) is 0 Å². The molecule has 1 amide bonds. The lowest BCUT2D eigenvalue weighted by molar-refractivity contribution is 0.0456. The molecule has 19 heavy (non-hydrogen) atoms. The number of carboxylic acid groups (broad SMARTS) is 1. The third-order valence-corrected chi connectivity index (χ3v) is 5.79. The van der Waals surface area contributed by atoms with Crippen LogP contribution >= 0.6 is 0 Å². The van der Waals surface area contributed by atoms with Crippen molar-refractivity contribution >= 4 is 16.1 Å². The van der Waals surface area contributed by atoms with Crippen molar-refractivity contribution in [1.29, 1.82) is 0 Å². The van der Waals surface area contributed by atoms with E-state index in [4.69, 9.17) is 0 Å². The molecule has 1 aliphatic rings. The Kier molecular flexibility index (Phi) is 4.51. The minimum absolute atomic E-state index is 0.225. The molecular formula is C12H24N2O4S. The normalized spacial score (nSPS) is 22.8. The summed E-state index contributed by atoms with van der Waals surface area (Å²) in [6, 6.07) is -0.327. The highest BCUT2D eigenvalue weighted by Gasteiger charge is 2.41. The molecule has 0 radical (unpaired) electrons. The van der Waals surface area contributed by atoms with E-state index in [1.54, 1.807) is 13.8 Å². The zero-order valence-electron chi connectivity index (χ0n) is 12.3. The molecule has 1 heterocycles. The zero-order chi connectivity index (χ0) is 15.0. The van der Waals surface area contributed by atoms with Gasteiger partial charge >= 0.3 is 6.09 Å². The van der Waals surface area contributed by atoms with Crippen LogP contribution in [0, 0.1) is 5.41 Å². The number of amides is 1. The van der Waals surface area contributed by atoms with Gasteiger partial charge in [-0.2, -0.15) is 4.31 Å². The quantitative estimate of drug-likeness (QED) is 0.835. The van der Waals surface area contributed by atoms with E-state index in [1.165, 1.54) is 9.21 Å². The Labute approximate surface area is 115 Å². The molecule has 1 N–H and O–H groups in total. The van der Waals surface area contributed by atoms with E-state index in [9.17, 15) is 18.3 Å². The number of sulfonamides is 1. The van der Waals surface area contributed by atoms with Gasteiger partial charge in [-0.3, -0.25) is 0 Å². The zero-order valence-corrected chi connectivity index (χ0v) is 13.1. The first-order chi connectivity index (χ1) is 8.48. The fourth-order valence-electron chi connectivity index (χ4n) is 2.26. The van der Waals surface area contributed by atoms with E-state index in [1.807, 2.05) is 20.8 Å². The Hall–Kier alpha value is -0.820. The van der Waals surface area contributed by atoms with Crippen LogP contribution in [0.1, 0.15) is 34.6 Å². The summed E-state index contributed by atoms with van der Waals surface area (Å²) < 4.78 is 25.8. The SMILES string of the molecule is CC(C)S(=O)(=O)N1CCN(C(=O)O)C(C(C)(C)C)C1. The topological polar surface area (TPSA) is 77.9 Å². The number of piperazine rings is 1. The van der Waals surface area contributed by atoms with Crippen LogP contribution in [-0.2, 0) is 10.0 Å². The molecule has 1 aliphatic heterocycles. The minimum atomic E-state index is -3.33. The molecule has 0 aromatic heterocycles. The second-order valence-electron chi connectivity index (χ2n) is 6.31. The van der Waals surface area contributed by atoms with Crippen LogP contribution in [0.25, 0.3) is 0 Å². The summed E-state index contributed by atoms with van der Waals surface area (Å²) in [6.07, 6.45) is -0.985. The number of carbonyl (C=O) groups is 1. The van der Waals surface area contributed by atoms with Crippen molar-refractivity contribution < 1.29 is 18.3 Å². The fraction of sp³-hybridized carbons (Fsp3) is 0.917. The third kappa shape index (κ3) is 3.39. The summed E-state index contributed by atoms with van der Waals surface area (Å²) in [5, 5.41) is 8.75. The average molecular weight is 292 g/mol. The lowest BCUT2D eigenvalue weighted by Gasteiger charge is -2.45. The van der Waals surface area contributed by atoms with Gasteiger partial charge in [-0.25, -0.2) is 13.2 Å². The molecular weight excluding hydrogens is 268 g/mol. The number of hydrogen-bond donors (Lipinski definition) is 1. The van der Waals surface area contributed by atoms with Gasteiger partial charge < -0.3 is 10.0 Å². The van der Waals surface area contributed by atoms with Crippen LogP contribution in [0.15, 0.2) is 0 Å². The van der Waals surface area contributed by atoms with E-state index < -0.39 is 21.4 Å². The molecule has 0 aromatic rings. The van der Waals surface area contributed by atoms with Crippen molar-refractivity contribution in [2.75, 3.05) is 19.6 Å². The van der Waals surface area contributed by atoms with Crippen LogP contribution < -0.4 is 0 Å². The predicted molar refractivity (Wildman–Crippen MR) is 73.6 cm³/mol. The Morgan fingerprint density at radius 2 is 1.79 bits per heavy atom. The average Bonchev–Trinajstić information content (AvgIpc) is 2.26. The fourth-order valence-corrected chi connectivity index (χ4v) is 3.54. The maximum Gasteiger partial charge on any atom is 0.407 e. The maximum atomic E-state index is 12.2. The van der Waals surface area contributed by atoms with E-state index >= 15 is 0 Å². The van der Waals surface area contributed by atoms with Gasteiger partial charge in [0.05, 0.1) is 11.3 Å². The molecule has 1 unspecified atom stereocenters. The molecule has 0 aromatic carbocycles. The highest BCUT2D eigenvalue weighted by atomic mass is 32.2. The standard InChI is InChI=1S/C12H24N2O4S/c1-9(2)19(17,18)13-6-7-14(11(15)16)10(8-13)12(3,4)5/h9-10H,6-8H2,1-5H3,(H,15,16). The second kappa shape index (κ2) is 5.28. The Balaban J connectivity index is 3.01. The molecule has 1 saturated heterocycles. The molecule has 1 atom stereocenters. The summed E-state index contributed by atoms with van der Waals surface area (Å²) in [4.78, 5) is 12.6. The van der Waals surface area contributed by atoms with Gasteiger partial charge in [-0.05, 0) is 19.3 Å². The smallest absolute Gasteiger partial charge is 0.407 e. The summed E-state index contributed by atoms with van der Waals surface area (Å²) in [5.74, 6) is 0. The lowest BCUT2D eigenvalue weighted by Crippen LogP contribution is -2.61. The van der Waals surface area contributed by atoms with Crippen molar-refractivity contribution in [3.05, 3.63) is 0 Å². The highest BCUT2D eigenvalue weighted by molar-refractivity contribution is 7.89. The van der Waals surface area contributed by atoms with Gasteiger partial charge in [0.15, 0.2) is 0 Å². The van der Waals surface area contributed by atoms with E-state index in [2.05, 4.69) is 0 Å². The largest absolute Gasteiger partial charge is 0.465 e. The molecule has 1 rings (SSSR count). The van der Waals surface area contributed by atoms with Crippen molar-refractivity contribution in [3.8, 4) is 0 Å². The summed E-state index contributed by atoms with van der Waals surface area (Å²) in [7, 11) is -3.33. The molecule has 7 heteroatoms.